The van der Waals surface area contributed by atoms with Crippen molar-refractivity contribution in [2.24, 2.45) is 0 Å². The zero-order valence-corrected chi connectivity index (χ0v) is 21.1. The molecule has 0 saturated carbocycles. The van der Waals surface area contributed by atoms with Crippen LogP contribution in [0.4, 0.5) is 0 Å². The molecule has 0 fully saturated rings. The van der Waals surface area contributed by atoms with Crippen LogP contribution >= 0.6 is 0 Å². The molecule has 30 heavy (non-hydrogen) atoms. The summed E-state index contributed by atoms with van der Waals surface area (Å²) >= 11 is 0. The molecule has 0 radical (unpaired) electrons. The van der Waals surface area contributed by atoms with E-state index in [9.17, 15) is 0 Å². The van der Waals surface area contributed by atoms with Gasteiger partial charge in [0.2, 0.25) is 0 Å². The highest BCUT2D eigenvalue weighted by molar-refractivity contribution is 4.81. The van der Waals surface area contributed by atoms with E-state index in [-0.39, 0.29) is 0 Å². The SMILES string of the molecule is C=CCCCCCCCCCCCCCCCCC=CCCCCCCCCCC. The van der Waals surface area contributed by atoms with Gasteiger partial charge in [-0.25, -0.2) is 0 Å². The Morgan fingerprint density at radius 1 is 0.367 bits per heavy atom. The van der Waals surface area contributed by atoms with Gasteiger partial charge in [0.15, 0.2) is 0 Å². The molecule has 0 amide bonds. The predicted molar refractivity (Wildman–Crippen MR) is 140 cm³/mol. The predicted octanol–water partition coefficient (Wildman–Crippen LogP) is 11.5. The van der Waals surface area contributed by atoms with Crippen molar-refractivity contribution >= 4 is 0 Å². The quantitative estimate of drug-likeness (QED) is 0.0967. The molecule has 0 aliphatic heterocycles. The van der Waals surface area contributed by atoms with E-state index in [0.29, 0.717) is 0 Å². The number of hydrogen-bond acceptors (Lipinski definition) is 0. The van der Waals surface area contributed by atoms with Crippen LogP contribution in [0, 0.1) is 0 Å². The fourth-order valence-corrected chi connectivity index (χ4v) is 4.30. The average molecular weight is 419 g/mol. The van der Waals surface area contributed by atoms with E-state index in [1.165, 1.54) is 161 Å². The average Bonchev–Trinajstić information content (AvgIpc) is 2.76. The normalized spacial score (nSPS) is 11.5. The molecule has 0 unspecified atom stereocenters. The standard InChI is InChI=1S/C30H58/c1-3-5-7-9-11-13-15-17-19-21-23-25-27-29-30-28-26-24-22-20-18-16-14-12-10-8-6-4-2/h3,22,24H,1,4-21,23,25-30H2,2H3. The van der Waals surface area contributed by atoms with Crippen molar-refractivity contribution < 1.29 is 0 Å². The van der Waals surface area contributed by atoms with Crippen LogP contribution in [0.5, 0.6) is 0 Å². The van der Waals surface area contributed by atoms with Gasteiger partial charge in [0.25, 0.3) is 0 Å². The molecule has 0 saturated heterocycles. The largest absolute Gasteiger partial charge is 0.103 e. The van der Waals surface area contributed by atoms with Crippen molar-refractivity contribution in [1.29, 1.82) is 0 Å². The van der Waals surface area contributed by atoms with E-state index < -0.39 is 0 Å². The summed E-state index contributed by atoms with van der Waals surface area (Å²) in [6.07, 6.45) is 42.4. The maximum absolute atomic E-state index is 3.79. The molecule has 0 atom stereocenters. The van der Waals surface area contributed by atoms with Crippen LogP contribution in [-0.4, -0.2) is 0 Å². The topological polar surface area (TPSA) is 0 Å². The molecular weight excluding hydrogens is 360 g/mol. The van der Waals surface area contributed by atoms with Gasteiger partial charge in [-0.3, -0.25) is 0 Å². The molecule has 178 valence electrons. The molecule has 0 heteroatoms. The molecule has 0 N–H and O–H groups in total. The fraction of sp³-hybridized carbons (Fsp3) is 0.867. The third-order valence-corrected chi connectivity index (χ3v) is 6.42. The molecular formula is C30H58. The Balaban J connectivity index is 3.05. The third-order valence-electron chi connectivity index (χ3n) is 6.42. The lowest BCUT2D eigenvalue weighted by Crippen LogP contribution is -1.83. The maximum Gasteiger partial charge on any atom is -0.0351 e. The highest BCUT2D eigenvalue weighted by Gasteiger charge is 1.94. The number of unbranched alkanes of at least 4 members (excludes halogenated alkanes) is 23. The number of rotatable bonds is 26. The zero-order chi connectivity index (χ0) is 21.8. The summed E-state index contributed by atoms with van der Waals surface area (Å²) in [5.41, 5.74) is 0. The van der Waals surface area contributed by atoms with Gasteiger partial charge < -0.3 is 0 Å². The Labute approximate surface area is 192 Å². The summed E-state index contributed by atoms with van der Waals surface area (Å²) in [5, 5.41) is 0. The summed E-state index contributed by atoms with van der Waals surface area (Å²) in [6.45, 7) is 6.09. The first-order chi connectivity index (χ1) is 14.9. The van der Waals surface area contributed by atoms with E-state index in [0.717, 1.165) is 0 Å². The highest BCUT2D eigenvalue weighted by Crippen LogP contribution is 2.14. The van der Waals surface area contributed by atoms with E-state index in [2.05, 4.69) is 31.7 Å². The minimum atomic E-state index is 1.20. The second-order valence-electron chi connectivity index (χ2n) is 9.55. The maximum atomic E-state index is 3.79. The van der Waals surface area contributed by atoms with Crippen LogP contribution in [0.2, 0.25) is 0 Å². The van der Waals surface area contributed by atoms with Crippen molar-refractivity contribution in [1.82, 2.24) is 0 Å². The van der Waals surface area contributed by atoms with Crippen molar-refractivity contribution in [3.63, 3.8) is 0 Å². The van der Waals surface area contributed by atoms with Crippen molar-refractivity contribution in [3.05, 3.63) is 24.8 Å². The van der Waals surface area contributed by atoms with Gasteiger partial charge in [0.05, 0.1) is 0 Å². The summed E-state index contributed by atoms with van der Waals surface area (Å²) < 4.78 is 0. The highest BCUT2D eigenvalue weighted by atomic mass is 14.0. The van der Waals surface area contributed by atoms with Crippen LogP contribution in [0.15, 0.2) is 24.8 Å². The minimum absolute atomic E-state index is 1.20. The van der Waals surface area contributed by atoms with Crippen LogP contribution in [0.3, 0.4) is 0 Å². The number of allylic oxidation sites excluding steroid dienone is 3. The fourth-order valence-electron chi connectivity index (χ4n) is 4.30. The van der Waals surface area contributed by atoms with Crippen molar-refractivity contribution in [2.75, 3.05) is 0 Å². The van der Waals surface area contributed by atoms with Crippen molar-refractivity contribution in [3.8, 4) is 0 Å². The van der Waals surface area contributed by atoms with E-state index >= 15 is 0 Å². The van der Waals surface area contributed by atoms with Gasteiger partial charge in [-0.15, -0.1) is 6.58 Å². The first-order valence-electron chi connectivity index (χ1n) is 14.2. The summed E-state index contributed by atoms with van der Waals surface area (Å²) in [5.74, 6) is 0. The van der Waals surface area contributed by atoms with Crippen molar-refractivity contribution in [2.45, 2.75) is 167 Å². The Bertz CT molecular complexity index is 327. The third kappa shape index (κ3) is 27.5. The first kappa shape index (κ1) is 29.5. The molecule has 0 heterocycles. The van der Waals surface area contributed by atoms with E-state index in [1.807, 2.05) is 0 Å². The van der Waals surface area contributed by atoms with Gasteiger partial charge in [-0.1, -0.05) is 147 Å². The molecule has 0 aromatic rings. The summed E-state index contributed by atoms with van der Waals surface area (Å²) in [6, 6.07) is 0. The first-order valence-corrected chi connectivity index (χ1v) is 14.2. The Morgan fingerprint density at radius 2 is 0.633 bits per heavy atom. The van der Waals surface area contributed by atoms with E-state index in [1.54, 1.807) is 0 Å². The smallest absolute Gasteiger partial charge is 0.0351 e. The second kappa shape index (κ2) is 28.5. The Hall–Kier alpha value is -0.520. The monoisotopic (exact) mass is 418 g/mol. The molecule has 0 spiro atoms. The molecule has 0 aromatic heterocycles. The van der Waals surface area contributed by atoms with Gasteiger partial charge in [0, 0.05) is 0 Å². The van der Waals surface area contributed by atoms with Gasteiger partial charge >= 0.3 is 0 Å². The molecule has 0 nitrogen and oxygen atoms in total. The Kier molecular flexibility index (Phi) is 28.0. The van der Waals surface area contributed by atoms with Gasteiger partial charge in [-0.05, 0) is 38.5 Å². The molecule has 0 aliphatic carbocycles. The van der Waals surface area contributed by atoms with Gasteiger partial charge in [-0.2, -0.15) is 0 Å². The van der Waals surface area contributed by atoms with Crippen LogP contribution in [-0.2, 0) is 0 Å². The lowest BCUT2D eigenvalue weighted by atomic mass is 10.0. The van der Waals surface area contributed by atoms with Gasteiger partial charge in [0.1, 0.15) is 0 Å². The summed E-state index contributed by atoms with van der Waals surface area (Å²) in [7, 11) is 0. The zero-order valence-electron chi connectivity index (χ0n) is 21.1. The lowest BCUT2D eigenvalue weighted by Gasteiger charge is -2.03. The molecule has 0 bridgehead atoms. The molecule has 0 rings (SSSR count). The molecule has 0 aliphatic rings. The van der Waals surface area contributed by atoms with E-state index in [4.69, 9.17) is 0 Å². The molecule has 0 aromatic carbocycles. The Morgan fingerprint density at radius 3 is 0.933 bits per heavy atom. The summed E-state index contributed by atoms with van der Waals surface area (Å²) in [4.78, 5) is 0. The van der Waals surface area contributed by atoms with Crippen LogP contribution < -0.4 is 0 Å². The second-order valence-corrected chi connectivity index (χ2v) is 9.55. The van der Waals surface area contributed by atoms with Crippen LogP contribution in [0.1, 0.15) is 167 Å². The minimum Gasteiger partial charge on any atom is -0.103 e. The lowest BCUT2D eigenvalue weighted by molar-refractivity contribution is 0.534. The number of hydrogen-bond donors (Lipinski definition) is 0. The van der Waals surface area contributed by atoms with Crippen LogP contribution in [0.25, 0.3) is 0 Å².